The van der Waals surface area contributed by atoms with E-state index in [1.165, 1.54) is 24.4 Å². The van der Waals surface area contributed by atoms with Gasteiger partial charge in [0.15, 0.2) is 5.43 Å². The third-order valence-corrected chi connectivity index (χ3v) is 5.11. The molecule has 0 radical (unpaired) electrons. The summed E-state index contributed by atoms with van der Waals surface area (Å²) < 4.78 is 1.75. The molecule has 0 aliphatic heterocycles. The smallest absolute Gasteiger partial charge is 0.270 e. The standard InChI is InChI=1S/C22H15ClN4O4/c23-18-10-9-15(27(30)31)11-14(18)12-24-25-21(28)13-26-19-7-3-1-5-16(19)22(29)17-6-2-4-8-20(17)26/h1-12H,13H2,(H,25,28)/b24-12+. The van der Waals surface area contributed by atoms with Gasteiger partial charge in [-0.25, -0.2) is 5.43 Å². The minimum atomic E-state index is -0.543. The number of amides is 1. The Morgan fingerprint density at radius 3 is 2.29 bits per heavy atom. The lowest BCUT2D eigenvalue weighted by Crippen LogP contribution is -2.25. The number of para-hydroxylation sites is 2. The van der Waals surface area contributed by atoms with Gasteiger partial charge in [0, 0.05) is 33.5 Å². The second kappa shape index (κ2) is 8.37. The monoisotopic (exact) mass is 434 g/mol. The van der Waals surface area contributed by atoms with Gasteiger partial charge in [-0.1, -0.05) is 35.9 Å². The SMILES string of the molecule is O=C(Cn1c2ccccc2c(=O)c2ccccc21)N/N=C/c1cc([N+](=O)[O-])ccc1Cl. The zero-order chi connectivity index (χ0) is 22.0. The van der Waals surface area contributed by atoms with Crippen LogP contribution in [0.4, 0.5) is 5.69 Å². The van der Waals surface area contributed by atoms with E-state index in [-0.39, 0.29) is 22.7 Å². The predicted octanol–water partition coefficient (Wildman–Crippen LogP) is 3.87. The summed E-state index contributed by atoms with van der Waals surface area (Å²) in [7, 11) is 0. The molecule has 1 amide bonds. The van der Waals surface area contributed by atoms with Crippen molar-refractivity contribution < 1.29 is 9.72 Å². The lowest BCUT2D eigenvalue weighted by Gasteiger charge is -2.14. The van der Waals surface area contributed by atoms with Crippen LogP contribution in [0, 0.1) is 10.1 Å². The molecule has 0 fully saturated rings. The molecule has 0 atom stereocenters. The largest absolute Gasteiger partial charge is 0.331 e. The van der Waals surface area contributed by atoms with E-state index in [4.69, 9.17) is 11.6 Å². The number of hydrogen-bond donors (Lipinski definition) is 1. The minimum Gasteiger partial charge on any atom is -0.331 e. The van der Waals surface area contributed by atoms with Gasteiger partial charge in [-0.2, -0.15) is 5.10 Å². The van der Waals surface area contributed by atoms with Gasteiger partial charge in [-0.05, 0) is 30.3 Å². The van der Waals surface area contributed by atoms with Crippen LogP contribution in [0.5, 0.6) is 0 Å². The highest BCUT2D eigenvalue weighted by Gasteiger charge is 2.13. The van der Waals surface area contributed by atoms with E-state index >= 15 is 0 Å². The van der Waals surface area contributed by atoms with E-state index in [0.717, 1.165) is 0 Å². The summed E-state index contributed by atoms with van der Waals surface area (Å²) in [5.74, 6) is -0.434. The molecule has 0 saturated heterocycles. The Morgan fingerprint density at radius 1 is 1.06 bits per heavy atom. The van der Waals surface area contributed by atoms with Crippen LogP contribution in [-0.4, -0.2) is 21.6 Å². The highest BCUT2D eigenvalue weighted by atomic mass is 35.5. The van der Waals surface area contributed by atoms with E-state index in [1.54, 1.807) is 53.1 Å². The van der Waals surface area contributed by atoms with Crippen molar-refractivity contribution in [3.8, 4) is 0 Å². The normalized spacial score (nSPS) is 11.3. The predicted molar refractivity (Wildman–Crippen MR) is 120 cm³/mol. The summed E-state index contributed by atoms with van der Waals surface area (Å²) in [5.41, 5.74) is 3.74. The van der Waals surface area contributed by atoms with Gasteiger partial charge in [0.1, 0.15) is 6.54 Å². The van der Waals surface area contributed by atoms with Gasteiger partial charge >= 0.3 is 0 Å². The van der Waals surface area contributed by atoms with E-state index < -0.39 is 10.8 Å². The molecule has 9 heteroatoms. The van der Waals surface area contributed by atoms with Crippen LogP contribution in [0.3, 0.4) is 0 Å². The van der Waals surface area contributed by atoms with E-state index in [2.05, 4.69) is 10.5 Å². The van der Waals surface area contributed by atoms with Gasteiger partial charge < -0.3 is 4.57 Å². The fourth-order valence-corrected chi connectivity index (χ4v) is 3.51. The molecule has 0 saturated carbocycles. The molecule has 1 heterocycles. The first kappa shape index (κ1) is 20.2. The summed E-state index contributed by atoms with van der Waals surface area (Å²) in [5, 5.41) is 16.1. The number of carbonyl (C=O) groups excluding carboxylic acids is 1. The Balaban J connectivity index is 1.63. The molecule has 3 aromatic carbocycles. The van der Waals surface area contributed by atoms with Gasteiger partial charge in [0.2, 0.25) is 0 Å². The molecule has 4 rings (SSSR count). The fraction of sp³-hybridized carbons (Fsp3) is 0.0455. The van der Waals surface area contributed by atoms with Gasteiger partial charge in [0.05, 0.1) is 22.2 Å². The molecule has 8 nitrogen and oxygen atoms in total. The number of aromatic nitrogens is 1. The molecule has 0 spiro atoms. The van der Waals surface area contributed by atoms with Crippen LogP contribution in [0.2, 0.25) is 5.02 Å². The fourth-order valence-electron chi connectivity index (χ4n) is 3.34. The molecule has 154 valence electrons. The number of nitrogens with zero attached hydrogens (tertiary/aromatic N) is 3. The number of hydrazone groups is 1. The molecular formula is C22H15ClN4O4. The zero-order valence-electron chi connectivity index (χ0n) is 16.0. The van der Waals surface area contributed by atoms with Crippen molar-refractivity contribution in [1.29, 1.82) is 0 Å². The first-order valence-corrected chi connectivity index (χ1v) is 9.59. The minimum absolute atomic E-state index is 0.0820. The molecule has 0 unspecified atom stereocenters. The van der Waals surface area contributed by atoms with Gasteiger partial charge in [-0.15, -0.1) is 0 Å². The Bertz CT molecular complexity index is 1370. The number of rotatable bonds is 5. The van der Waals surface area contributed by atoms with Crippen molar-refractivity contribution in [2.45, 2.75) is 6.54 Å². The molecule has 1 N–H and O–H groups in total. The van der Waals surface area contributed by atoms with Crippen LogP contribution >= 0.6 is 11.6 Å². The third kappa shape index (κ3) is 4.01. The average molecular weight is 435 g/mol. The topological polar surface area (TPSA) is 107 Å². The summed E-state index contributed by atoms with van der Waals surface area (Å²) in [6, 6.07) is 18.1. The highest BCUT2D eigenvalue weighted by molar-refractivity contribution is 6.33. The number of benzene rings is 3. The second-order valence-corrected chi connectivity index (χ2v) is 7.11. The summed E-state index contributed by atoms with van der Waals surface area (Å²) in [6.07, 6.45) is 1.24. The maximum absolute atomic E-state index is 12.8. The molecule has 0 aliphatic rings. The Morgan fingerprint density at radius 2 is 1.68 bits per heavy atom. The van der Waals surface area contributed by atoms with Crippen molar-refractivity contribution in [2.24, 2.45) is 5.10 Å². The first-order chi connectivity index (χ1) is 15.0. The number of hydrogen-bond acceptors (Lipinski definition) is 5. The third-order valence-electron chi connectivity index (χ3n) is 4.76. The number of halogens is 1. The lowest BCUT2D eigenvalue weighted by molar-refractivity contribution is -0.384. The van der Waals surface area contributed by atoms with E-state index in [0.29, 0.717) is 27.4 Å². The molecule has 0 aliphatic carbocycles. The average Bonchev–Trinajstić information content (AvgIpc) is 2.77. The van der Waals surface area contributed by atoms with Crippen LogP contribution in [-0.2, 0) is 11.3 Å². The summed E-state index contributed by atoms with van der Waals surface area (Å²) in [4.78, 5) is 35.7. The van der Waals surface area contributed by atoms with Gasteiger partial charge in [-0.3, -0.25) is 19.7 Å². The molecule has 0 bridgehead atoms. The van der Waals surface area contributed by atoms with Crippen LogP contribution in [0.1, 0.15) is 5.56 Å². The maximum Gasteiger partial charge on any atom is 0.270 e. The quantitative estimate of drug-likeness (QED) is 0.223. The number of nitro benzene ring substituents is 1. The number of nitro groups is 1. The zero-order valence-corrected chi connectivity index (χ0v) is 16.7. The van der Waals surface area contributed by atoms with E-state index in [9.17, 15) is 19.7 Å². The van der Waals surface area contributed by atoms with Crippen LogP contribution in [0.15, 0.2) is 76.6 Å². The molecule has 31 heavy (non-hydrogen) atoms. The number of pyridine rings is 1. The molecule has 4 aromatic rings. The highest BCUT2D eigenvalue weighted by Crippen LogP contribution is 2.21. The van der Waals surface area contributed by atoms with Crippen molar-refractivity contribution >= 4 is 51.2 Å². The van der Waals surface area contributed by atoms with Crippen LogP contribution in [0.25, 0.3) is 21.8 Å². The van der Waals surface area contributed by atoms with Gasteiger partial charge in [0.25, 0.3) is 11.6 Å². The Kier molecular flexibility index (Phi) is 5.46. The lowest BCUT2D eigenvalue weighted by atomic mass is 10.1. The Hall–Kier alpha value is -4.04. The Labute approximate surface area is 180 Å². The first-order valence-electron chi connectivity index (χ1n) is 9.22. The number of fused-ring (bicyclic) bond motifs is 2. The van der Waals surface area contributed by atoms with Crippen molar-refractivity contribution in [3.05, 3.63) is 97.7 Å². The van der Waals surface area contributed by atoms with Crippen LogP contribution < -0.4 is 10.9 Å². The summed E-state index contributed by atoms with van der Waals surface area (Å²) in [6.45, 7) is -0.0820. The molecule has 1 aromatic heterocycles. The number of carbonyl (C=O) groups is 1. The van der Waals surface area contributed by atoms with Crippen molar-refractivity contribution in [1.82, 2.24) is 9.99 Å². The van der Waals surface area contributed by atoms with Crippen molar-refractivity contribution in [3.63, 3.8) is 0 Å². The number of nitrogens with one attached hydrogen (secondary N) is 1. The maximum atomic E-state index is 12.8. The second-order valence-electron chi connectivity index (χ2n) is 6.71. The van der Waals surface area contributed by atoms with Crippen molar-refractivity contribution in [2.75, 3.05) is 0 Å². The summed E-state index contributed by atoms with van der Waals surface area (Å²) >= 11 is 6.03. The molecular weight excluding hydrogens is 420 g/mol. The number of non-ortho nitro benzene ring substituents is 1. The van der Waals surface area contributed by atoms with E-state index in [1.807, 2.05) is 0 Å².